The van der Waals surface area contributed by atoms with Gasteiger partial charge < -0.3 is 15.5 Å². The van der Waals surface area contributed by atoms with Crippen molar-refractivity contribution in [3.8, 4) is 0 Å². The number of piperidine rings is 2. The van der Waals surface area contributed by atoms with Crippen LogP contribution in [0.25, 0.3) is 0 Å². The quantitative estimate of drug-likeness (QED) is 0.762. The standard InChI is InChI=1S/C16H26F3N3O2.ClH/c17-16(18,19)15(24)22-9-5-13(6-10-22)11-21-14(23)2-1-12-3-7-20-8-4-12;/h12-13,20H,1-11H2,(H,21,23);1H. The Bertz CT molecular complexity index is 435. The van der Waals surface area contributed by atoms with Crippen LogP contribution >= 0.6 is 12.4 Å². The summed E-state index contributed by atoms with van der Waals surface area (Å²) in [5.74, 6) is -0.993. The first-order chi connectivity index (χ1) is 11.4. The zero-order valence-electron chi connectivity index (χ0n) is 14.2. The lowest BCUT2D eigenvalue weighted by Gasteiger charge is -2.32. The smallest absolute Gasteiger partial charge is 0.356 e. The molecule has 25 heavy (non-hydrogen) atoms. The summed E-state index contributed by atoms with van der Waals surface area (Å²) in [7, 11) is 0. The highest BCUT2D eigenvalue weighted by Gasteiger charge is 2.43. The zero-order chi connectivity index (χ0) is 17.6. The van der Waals surface area contributed by atoms with E-state index in [0.29, 0.717) is 31.7 Å². The van der Waals surface area contributed by atoms with Crippen LogP contribution in [-0.2, 0) is 9.59 Å². The molecule has 0 aromatic heterocycles. The molecule has 5 nitrogen and oxygen atoms in total. The van der Waals surface area contributed by atoms with Crippen LogP contribution in [0.15, 0.2) is 0 Å². The molecule has 9 heteroatoms. The number of nitrogens with zero attached hydrogens (tertiary/aromatic N) is 1. The fraction of sp³-hybridized carbons (Fsp3) is 0.875. The lowest BCUT2D eigenvalue weighted by Crippen LogP contribution is -2.46. The topological polar surface area (TPSA) is 61.4 Å². The molecule has 2 N–H and O–H groups in total. The number of rotatable bonds is 5. The molecule has 0 saturated carbocycles. The maximum absolute atomic E-state index is 12.4. The van der Waals surface area contributed by atoms with Gasteiger partial charge in [0.15, 0.2) is 0 Å². The van der Waals surface area contributed by atoms with E-state index in [9.17, 15) is 22.8 Å². The van der Waals surface area contributed by atoms with Crippen molar-refractivity contribution >= 4 is 24.2 Å². The molecule has 0 unspecified atom stereocenters. The Morgan fingerprint density at radius 1 is 1.04 bits per heavy atom. The number of hydrogen-bond donors (Lipinski definition) is 2. The van der Waals surface area contributed by atoms with Gasteiger partial charge in [-0.25, -0.2) is 0 Å². The van der Waals surface area contributed by atoms with Crippen molar-refractivity contribution in [2.24, 2.45) is 11.8 Å². The van der Waals surface area contributed by atoms with Crippen molar-refractivity contribution in [2.75, 3.05) is 32.7 Å². The van der Waals surface area contributed by atoms with Crippen molar-refractivity contribution in [2.45, 2.75) is 44.7 Å². The summed E-state index contributed by atoms with van der Waals surface area (Å²) >= 11 is 0. The highest BCUT2D eigenvalue weighted by Crippen LogP contribution is 2.23. The Labute approximate surface area is 152 Å². The molecule has 0 spiro atoms. The van der Waals surface area contributed by atoms with Gasteiger partial charge in [0.2, 0.25) is 5.91 Å². The summed E-state index contributed by atoms with van der Waals surface area (Å²) in [5, 5.41) is 6.18. The lowest BCUT2D eigenvalue weighted by atomic mass is 9.93. The van der Waals surface area contributed by atoms with E-state index >= 15 is 0 Å². The molecule has 0 aromatic carbocycles. The molecule has 2 amide bonds. The minimum Gasteiger partial charge on any atom is -0.356 e. The van der Waals surface area contributed by atoms with Gasteiger partial charge in [-0.3, -0.25) is 9.59 Å². The van der Waals surface area contributed by atoms with Crippen LogP contribution in [0.4, 0.5) is 13.2 Å². The van der Waals surface area contributed by atoms with Gasteiger partial charge in [-0.2, -0.15) is 13.2 Å². The number of amides is 2. The molecule has 2 saturated heterocycles. The average Bonchev–Trinajstić information content (AvgIpc) is 2.58. The summed E-state index contributed by atoms with van der Waals surface area (Å²) in [5.41, 5.74) is 0. The van der Waals surface area contributed by atoms with E-state index in [1.54, 1.807) is 0 Å². The molecule has 0 atom stereocenters. The highest BCUT2D eigenvalue weighted by atomic mass is 35.5. The first-order valence-corrected chi connectivity index (χ1v) is 8.69. The molecule has 0 bridgehead atoms. The lowest BCUT2D eigenvalue weighted by molar-refractivity contribution is -0.186. The van der Waals surface area contributed by atoms with E-state index in [2.05, 4.69) is 10.6 Å². The van der Waals surface area contributed by atoms with E-state index in [4.69, 9.17) is 0 Å². The van der Waals surface area contributed by atoms with E-state index < -0.39 is 12.1 Å². The zero-order valence-corrected chi connectivity index (χ0v) is 15.1. The third kappa shape index (κ3) is 7.40. The summed E-state index contributed by atoms with van der Waals surface area (Å²) in [4.78, 5) is 23.9. The van der Waals surface area contributed by atoms with E-state index in [-0.39, 0.29) is 37.3 Å². The molecule has 0 aromatic rings. The van der Waals surface area contributed by atoms with Crippen LogP contribution in [0.1, 0.15) is 38.5 Å². The highest BCUT2D eigenvalue weighted by molar-refractivity contribution is 5.85. The second-order valence-corrected chi connectivity index (χ2v) is 6.77. The number of nitrogens with one attached hydrogen (secondary N) is 2. The Morgan fingerprint density at radius 2 is 1.64 bits per heavy atom. The maximum Gasteiger partial charge on any atom is 0.471 e. The fourth-order valence-corrected chi connectivity index (χ4v) is 3.37. The molecule has 2 heterocycles. The van der Waals surface area contributed by atoms with Crippen LogP contribution in [0.3, 0.4) is 0 Å². The van der Waals surface area contributed by atoms with Crippen LogP contribution in [-0.4, -0.2) is 55.6 Å². The molecule has 2 rings (SSSR count). The van der Waals surface area contributed by atoms with Crippen LogP contribution in [0.2, 0.25) is 0 Å². The van der Waals surface area contributed by atoms with E-state index in [1.807, 2.05) is 0 Å². The van der Waals surface area contributed by atoms with Gasteiger partial charge in [-0.05, 0) is 57.0 Å². The normalized spacial score (nSPS) is 20.0. The number of carbonyl (C=O) groups is 2. The van der Waals surface area contributed by atoms with Crippen LogP contribution < -0.4 is 10.6 Å². The molecule has 0 aliphatic carbocycles. The SMILES string of the molecule is Cl.O=C(CCC1CCNCC1)NCC1CCN(C(=O)C(F)(F)F)CC1. The average molecular weight is 386 g/mol. The van der Waals surface area contributed by atoms with Crippen molar-refractivity contribution in [3.63, 3.8) is 0 Å². The predicted octanol–water partition coefficient (Wildman–Crippen LogP) is 2.11. The van der Waals surface area contributed by atoms with Gasteiger partial charge in [-0.1, -0.05) is 0 Å². The third-order valence-electron chi connectivity index (χ3n) is 4.97. The van der Waals surface area contributed by atoms with Crippen LogP contribution in [0.5, 0.6) is 0 Å². The molecular weight excluding hydrogens is 359 g/mol. The number of hydrogen-bond acceptors (Lipinski definition) is 3. The summed E-state index contributed by atoms with van der Waals surface area (Å²) in [6, 6.07) is 0. The summed E-state index contributed by atoms with van der Waals surface area (Å²) < 4.78 is 37.1. The Kier molecular flexibility index (Phi) is 8.99. The number of alkyl halides is 3. The molecule has 2 aliphatic heterocycles. The molecule has 2 aliphatic rings. The first kappa shape index (κ1) is 22.0. The molecule has 0 radical (unpaired) electrons. The maximum atomic E-state index is 12.4. The second kappa shape index (κ2) is 10.2. The van der Waals surface area contributed by atoms with Crippen LogP contribution in [0, 0.1) is 11.8 Å². The first-order valence-electron chi connectivity index (χ1n) is 8.69. The van der Waals surface area contributed by atoms with Gasteiger partial charge >= 0.3 is 12.1 Å². The predicted molar refractivity (Wildman–Crippen MR) is 90.4 cm³/mol. The third-order valence-corrected chi connectivity index (χ3v) is 4.97. The van der Waals surface area contributed by atoms with Crippen molar-refractivity contribution in [1.82, 2.24) is 15.5 Å². The monoisotopic (exact) mass is 385 g/mol. The van der Waals surface area contributed by atoms with Gasteiger partial charge in [0.05, 0.1) is 0 Å². The minimum absolute atomic E-state index is 0. The largest absolute Gasteiger partial charge is 0.471 e. The van der Waals surface area contributed by atoms with Gasteiger partial charge in [0.25, 0.3) is 0 Å². The molecule has 146 valence electrons. The summed E-state index contributed by atoms with van der Waals surface area (Å²) in [6.07, 6.45) is -0.178. The van der Waals surface area contributed by atoms with Crippen molar-refractivity contribution in [1.29, 1.82) is 0 Å². The Hall–Kier alpha value is -1.02. The van der Waals surface area contributed by atoms with Crippen molar-refractivity contribution < 1.29 is 22.8 Å². The molecular formula is C16H27ClF3N3O2. The minimum atomic E-state index is -4.80. The number of halogens is 4. The van der Waals surface area contributed by atoms with E-state index in [1.165, 1.54) is 0 Å². The fourth-order valence-electron chi connectivity index (χ4n) is 3.37. The van der Waals surface area contributed by atoms with Gasteiger partial charge in [-0.15, -0.1) is 12.4 Å². The van der Waals surface area contributed by atoms with Gasteiger partial charge in [0, 0.05) is 26.1 Å². The number of likely N-dealkylation sites (tertiary alicyclic amines) is 1. The van der Waals surface area contributed by atoms with Gasteiger partial charge in [0.1, 0.15) is 0 Å². The Morgan fingerprint density at radius 3 is 2.20 bits per heavy atom. The Balaban J connectivity index is 0.00000312. The van der Waals surface area contributed by atoms with Crippen molar-refractivity contribution in [3.05, 3.63) is 0 Å². The second-order valence-electron chi connectivity index (χ2n) is 6.77. The summed E-state index contributed by atoms with van der Waals surface area (Å²) in [6.45, 7) is 2.73. The molecule has 2 fully saturated rings. The number of carbonyl (C=O) groups excluding carboxylic acids is 2. The van der Waals surface area contributed by atoms with E-state index in [0.717, 1.165) is 37.3 Å².